The summed E-state index contributed by atoms with van der Waals surface area (Å²) in [5.41, 5.74) is 2.87. The molecule has 0 bridgehead atoms. The molecule has 2 aromatic carbocycles. The first-order chi connectivity index (χ1) is 19.9. The number of pyridine rings is 1. The monoisotopic (exact) mass is 605 g/mol. The molecule has 0 N–H and O–H groups in total. The minimum absolute atomic E-state index is 0.133. The van der Waals surface area contributed by atoms with Crippen LogP contribution in [0.4, 0.5) is 11.4 Å². The second-order valence-corrected chi connectivity index (χ2v) is 13.7. The van der Waals surface area contributed by atoms with E-state index in [2.05, 4.69) is 20.9 Å². The molecule has 4 heterocycles. The lowest BCUT2D eigenvalue weighted by Gasteiger charge is -2.47. The minimum atomic E-state index is -3.95. The fourth-order valence-electron chi connectivity index (χ4n) is 5.95. The number of thiophene rings is 1. The Hall–Kier alpha value is -3.62. The Kier molecular flexibility index (Phi) is 7.38. The summed E-state index contributed by atoms with van der Waals surface area (Å²) < 4.78 is 36.5. The summed E-state index contributed by atoms with van der Waals surface area (Å²) in [6, 6.07) is 22.5. The highest BCUT2D eigenvalue weighted by Gasteiger charge is 2.53. The third kappa shape index (κ3) is 4.73. The summed E-state index contributed by atoms with van der Waals surface area (Å²) in [4.78, 5) is 8.80. The van der Waals surface area contributed by atoms with Crippen LogP contribution in [0.15, 0.2) is 83.3 Å². The summed E-state index contributed by atoms with van der Waals surface area (Å²) in [5, 5.41) is 9.88. The Labute approximate surface area is 249 Å². The van der Waals surface area contributed by atoms with Gasteiger partial charge in [0.15, 0.2) is 0 Å². The molecule has 41 heavy (non-hydrogen) atoms. The SMILES string of the molecule is CCOc1ccccc1C1(N2CCN(c3ccncc3)CC2)CN(S(=O)(=O)c2ccc(Cl)s2)c2ccc(C#N)cc21. The smallest absolute Gasteiger partial charge is 0.273 e. The molecule has 0 aliphatic carbocycles. The van der Waals surface area contributed by atoms with Gasteiger partial charge in [0.25, 0.3) is 10.0 Å². The molecule has 0 radical (unpaired) electrons. The fraction of sp³-hybridized carbons (Fsp3) is 0.267. The average molecular weight is 606 g/mol. The molecule has 1 unspecified atom stereocenters. The second-order valence-electron chi connectivity index (χ2n) is 9.88. The van der Waals surface area contributed by atoms with Gasteiger partial charge in [-0.3, -0.25) is 14.2 Å². The number of aromatic nitrogens is 1. The van der Waals surface area contributed by atoms with Crippen LogP contribution in [0.25, 0.3) is 0 Å². The molecule has 1 atom stereocenters. The minimum Gasteiger partial charge on any atom is -0.494 e. The van der Waals surface area contributed by atoms with E-state index in [9.17, 15) is 13.7 Å². The number of hydrogen-bond donors (Lipinski definition) is 0. The molecule has 1 saturated heterocycles. The van der Waals surface area contributed by atoms with Crippen LogP contribution in [-0.4, -0.2) is 57.6 Å². The molecule has 0 amide bonds. The normalized spacial score (nSPS) is 19.1. The van der Waals surface area contributed by atoms with Crippen LogP contribution in [0.1, 0.15) is 23.6 Å². The van der Waals surface area contributed by atoms with Crippen LogP contribution >= 0.6 is 22.9 Å². The van der Waals surface area contributed by atoms with Gasteiger partial charge < -0.3 is 9.64 Å². The Morgan fingerprint density at radius 1 is 1.02 bits per heavy atom. The summed E-state index contributed by atoms with van der Waals surface area (Å²) in [6.45, 7) is 5.34. The Balaban J connectivity index is 1.53. The molecule has 0 spiro atoms. The van der Waals surface area contributed by atoms with E-state index < -0.39 is 15.6 Å². The third-order valence-electron chi connectivity index (χ3n) is 7.79. The number of rotatable bonds is 7. The van der Waals surface area contributed by atoms with Gasteiger partial charge in [-0.15, -0.1) is 11.3 Å². The van der Waals surface area contributed by atoms with E-state index in [1.807, 2.05) is 49.4 Å². The zero-order chi connectivity index (χ0) is 28.6. The highest BCUT2D eigenvalue weighted by Crippen LogP contribution is 2.52. The van der Waals surface area contributed by atoms with E-state index in [0.29, 0.717) is 41.0 Å². The first-order valence-electron chi connectivity index (χ1n) is 13.3. The van der Waals surface area contributed by atoms with Crippen molar-refractivity contribution in [1.29, 1.82) is 5.26 Å². The molecule has 210 valence electrons. The predicted octanol–water partition coefficient (Wildman–Crippen LogP) is 5.34. The van der Waals surface area contributed by atoms with Crippen LogP contribution in [0.2, 0.25) is 4.34 Å². The van der Waals surface area contributed by atoms with Gasteiger partial charge in [-0.05, 0) is 55.5 Å². The van der Waals surface area contributed by atoms with Gasteiger partial charge in [-0.25, -0.2) is 8.42 Å². The maximum Gasteiger partial charge on any atom is 0.273 e. The summed E-state index contributed by atoms with van der Waals surface area (Å²) >= 11 is 7.21. The van der Waals surface area contributed by atoms with Crippen molar-refractivity contribution in [3.8, 4) is 11.8 Å². The van der Waals surface area contributed by atoms with Crippen molar-refractivity contribution < 1.29 is 13.2 Å². The van der Waals surface area contributed by atoms with E-state index in [-0.39, 0.29) is 10.8 Å². The van der Waals surface area contributed by atoms with Gasteiger partial charge in [0.2, 0.25) is 0 Å². The first kappa shape index (κ1) is 27.5. The quantitative estimate of drug-likeness (QED) is 0.281. The molecule has 4 aromatic rings. The Morgan fingerprint density at radius 3 is 2.46 bits per heavy atom. The van der Waals surface area contributed by atoms with Crippen LogP contribution in [0.5, 0.6) is 5.75 Å². The fourth-order valence-corrected chi connectivity index (χ4v) is 9.06. The largest absolute Gasteiger partial charge is 0.494 e. The number of ether oxygens (including phenoxy) is 1. The maximum absolute atomic E-state index is 14.2. The van der Waals surface area contributed by atoms with Crippen LogP contribution in [0, 0.1) is 11.3 Å². The van der Waals surface area contributed by atoms with Crippen molar-refractivity contribution in [2.75, 3.05) is 48.5 Å². The molecule has 11 heteroatoms. The number of anilines is 2. The number of fused-ring (bicyclic) bond motifs is 1. The molecule has 1 fully saturated rings. The van der Waals surface area contributed by atoms with E-state index in [4.69, 9.17) is 16.3 Å². The highest BCUT2D eigenvalue weighted by molar-refractivity contribution is 7.94. The van der Waals surface area contributed by atoms with Crippen molar-refractivity contribution in [1.82, 2.24) is 9.88 Å². The van der Waals surface area contributed by atoms with Crippen LogP contribution in [0.3, 0.4) is 0 Å². The molecule has 2 aliphatic heterocycles. The van der Waals surface area contributed by atoms with Crippen molar-refractivity contribution in [2.45, 2.75) is 16.7 Å². The lowest BCUT2D eigenvalue weighted by molar-refractivity contribution is 0.124. The van der Waals surface area contributed by atoms with Crippen molar-refractivity contribution in [3.05, 3.63) is 100 Å². The lowest BCUT2D eigenvalue weighted by atomic mass is 9.81. The standard InChI is InChI=1S/C30H28ClN5O3S2/c1-2-39-27-6-4-3-5-24(27)30(35-17-15-34(16-18-35)23-11-13-33-14-12-23)21-36(26-8-7-22(20-32)19-25(26)30)41(37,38)29-10-9-28(31)40-29/h3-14,19H,2,15-18,21H2,1H3. The van der Waals surface area contributed by atoms with Gasteiger partial charge in [0, 0.05) is 55.4 Å². The molecule has 0 saturated carbocycles. The number of nitriles is 1. The van der Waals surface area contributed by atoms with Crippen molar-refractivity contribution in [3.63, 3.8) is 0 Å². The molecule has 2 aliphatic rings. The second kappa shape index (κ2) is 11.0. The molecular formula is C30H28ClN5O3S2. The average Bonchev–Trinajstić information content (AvgIpc) is 3.61. The van der Waals surface area contributed by atoms with Crippen LogP contribution < -0.4 is 13.9 Å². The lowest BCUT2D eigenvalue weighted by Crippen LogP contribution is -2.58. The topological polar surface area (TPSA) is 89.8 Å². The number of sulfonamides is 1. The highest BCUT2D eigenvalue weighted by atomic mass is 35.5. The van der Waals surface area contributed by atoms with Crippen LogP contribution in [-0.2, 0) is 15.6 Å². The van der Waals surface area contributed by atoms with Gasteiger partial charge in [-0.2, -0.15) is 5.26 Å². The number of halogens is 1. The number of benzene rings is 2. The predicted molar refractivity (Wildman–Crippen MR) is 161 cm³/mol. The Morgan fingerprint density at radius 2 is 1.78 bits per heavy atom. The van der Waals surface area contributed by atoms with E-state index in [0.717, 1.165) is 41.2 Å². The zero-order valence-corrected chi connectivity index (χ0v) is 24.8. The first-order valence-corrected chi connectivity index (χ1v) is 16.0. The van der Waals surface area contributed by atoms with E-state index in [1.165, 1.54) is 4.31 Å². The number of para-hydroxylation sites is 1. The van der Waals surface area contributed by atoms with Crippen molar-refractivity contribution in [2.24, 2.45) is 0 Å². The van der Waals surface area contributed by atoms with Gasteiger partial charge in [0.05, 0.1) is 40.3 Å². The van der Waals surface area contributed by atoms with E-state index in [1.54, 1.807) is 36.7 Å². The van der Waals surface area contributed by atoms with E-state index >= 15 is 0 Å². The van der Waals surface area contributed by atoms with Crippen molar-refractivity contribution >= 4 is 44.3 Å². The number of piperazine rings is 1. The number of hydrogen-bond acceptors (Lipinski definition) is 8. The zero-order valence-electron chi connectivity index (χ0n) is 22.4. The Bertz CT molecular complexity index is 1720. The number of nitrogens with zero attached hydrogens (tertiary/aromatic N) is 5. The summed E-state index contributed by atoms with van der Waals surface area (Å²) in [6.07, 6.45) is 3.58. The molecule has 8 nitrogen and oxygen atoms in total. The molecule has 2 aromatic heterocycles. The summed E-state index contributed by atoms with van der Waals surface area (Å²) in [5.74, 6) is 0.693. The summed E-state index contributed by atoms with van der Waals surface area (Å²) in [7, 11) is -3.95. The van der Waals surface area contributed by atoms with Gasteiger partial charge in [-0.1, -0.05) is 29.8 Å². The molecular weight excluding hydrogens is 578 g/mol. The van der Waals surface area contributed by atoms with Gasteiger partial charge >= 0.3 is 0 Å². The third-order valence-corrected chi connectivity index (χ3v) is 11.2. The maximum atomic E-state index is 14.2. The molecule has 6 rings (SSSR count). The van der Waals surface area contributed by atoms with Gasteiger partial charge in [0.1, 0.15) is 9.96 Å².